The number of rotatable bonds is 5. The molecule has 1 rings (SSSR count). The maximum absolute atomic E-state index is 11.7. The molecule has 0 atom stereocenters. The third-order valence-corrected chi connectivity index (χ3v) is 3.66. The highest BCUT2D eigenvalue weighted by Crippen LogP contribution is 2.11. The van der Waals surface area contributed by atoms with E-state index in [9.17, 15) is 8.42 Å². The lowest BCUT2D eigenvalue weighted by Crippen LogP contribution is -2.38. The van der Waals surface area contributed by atoms with Gasteiger partial charge in [0.05, 0.1) is 25.1 Å². The molecule has 6 heteroatoms. The monoisotopic (exact) mass is 237 g/mol. The average molecular weight is 237 g/mol. The van der Waals surface area contributed by atoms with E-state index in [1.807, 2.05) is 13.8 Å². The lowest BCUT2D eigenvalue weighted by Gasteiger charge is -2.25. The van der Waals surface area contributed by atoms with Gasteiger partial charge in [-0.05, 0) is 26.7 Å². The number of nitrogens with zero attached hydrogens (tertiary/aromatic N) is 1. The van der Waals surface area contributed by atoms with Crippen LogP contribution < -0.4 is 0 Å². The highest BCUT2D eigenvalue weighted by Gasteiger charge is 2.24. The summed E-state index contributed by atoms with van der Waals surface area (Å²) in [5.74, 6) is -0.00875. The van der Waals surface area contributed by atoms with Gasteiger partial charge in [0.2, 0.25) is 10.0 Å². The molecule has 1 aliphatic rings. The molecule has 0 aromatic heterocycles. The molecule has 5 nitrogen and oxygen atoms in total. The van der Waals surface area contributed by atoms with Crippen molar-refractivity contribution in [3.05, 3.63) is 0 Å². The molecule has 0 amide bonds. The maximum Gasteiger partial charge on any atom is 0.238 e. The minimum atomic E-state index is -3.29. The number of sulfonamides is 1. The molecule has 0 bridgehead atoms. The molecule has 1 saturated heterocycles. The Hall–Kier alpha value is -0.170. The van der Waals surface area contributed by atoms with Crippen LogP contribution in [0.2, 0.25) is 0 Å². The van der Waals surface area contributed by atoms with E-state index < -0.39 is 10.0 Å². The summed E-state index contributed by atoms with van der Waals surface area (Å²) in [5.41, 5.74) is 0. The first-order valence-corrected chi connectivity index (χ1v) is 6.88. The normalized spacial score (nSPS) is 19.7. The molecule has 0 radical (unpaired) electrons. The average Bonchev–Trinajstić information content (AvgIpc) is 2.18. The Morgan fingerprint density at radius 1 is 1.40 bits per heavy atom. The summed E-state index contributed by atoms with van der Waals surface area (Å²) in [7, 11) is -3.29. The highest BCUT2D eigenvalue weighted by atomic mass is 32.2. The molecule has 0 spiro atoms. The van der Waals surface area contributed by atoms with Gasteiger partial charge in [0.25, 0.3) is 0 Å². The number of hydrogen-bond acceptors (Lipinski definition) is 4. The Bertz CT molecular complexity index is 270. The van der Waals surface area contributed by atoms with E-state index in [-0.39, 0.29) is 18.5 Å². The van der Waals surface area contributed by atoms with Crippen LogP contribution >= 0.6 is 0 Å². The van der Waals surface area contributed by atoms with Gasteiger partial charge in [-0.2, -0.15) is 0 Å². The van der Waals surface area contributed by atoms with Crippen molar-refractivity contribution in [3.8, 4) is 0 Å². The van der Waals surface area contributed by atoms with Crippen LogP contribution in [0.3, 0.4) is 0 Å². The lowest BCUT2D eigenvalue weighted by atomic mass is 10.3. The van der Waals surface area contributed by atoms with Gasteiger partial charge in [-0.3, -0.25) is 4.84 Å². The topological polar surface area (TPSA) is 55.8 Å². The molecule has 15 heavy (non-hydrogen) atoms. The Morgan fingerprint density at radius 3 is 2.67 bits per heavy atom. The Kier molecular flexibility index (Phi) is 4.98. The predicted molar refractivity (Wildman–Crippen MR) is 56.8 cm³/mol. The lowest BCUT2D eigenvalue weighted by molar-refractivity contribution is -0.109. The Balaban J connectivity index is 2.36. The van der Waals surface area contributed by atoms with Crippen LogP contribution in [0.1, 0.15) is 26.7 Å². The molecule has 1 heterocycles. The minimum absolute atomic E-state index is 0.00875. The molecule has 0 N–H and O–H groups in total. The van der Waals surface area contributed by atoms with E-state index in [0.717, 1.165) is 17.3 Å². The summed E-state index contributed by atoms with van der Waals surface area (Å²) in [5, 5.41) is 0. The van der Waals surface area contributed by atoms with Crippen LogP contribution in [0, 0.1) is 0 Å². The summed E-state index contributed by atoms with van der Waals surface area (Å²) in [4.78, 5) is 5.09. The van der Waals surface area contributed by atoms with Crippen molar-refractivity contribution in [2.24, 2.45) is 0 Å². The van der Waals surface area contributed by atoms with Crippen molar-refractivity contribution in [3.63, 3.8) is 0 Å². The fourth-order valence-electron chi connectivity index (χ4n) is 1.28. The quantitative estimate of drug-likeness (QED) is 0.708. The molecular weight excluding hydrogens is 218 g/mol. The first kappa shape index (κ1) is 12.9. The maximum atomic E-state index is 11.7. The van der Waals surface area contributed by atoms with Crippen molar-refractivity contribution in [1.29, 1.82) is 0 Å². The summed E-state index contributed by atoms with van der Waals surface area (Å²) >= 11 is 0. The third kappa shape index (κ3) is 4.46. The Labute approximate surface area is 91.4 Å². The minimum Gasteiger partial charge on any atom is -0.378 e. The largest absolute Gasteiger partial charge is 0.378 e. The molecule has 1 fully saturated rings. The second-order valence-electron chi connectivity index (χ2n) is 3.80. The van der Waals surface area contributed by atoms with Gasteiger partial charge in [-0.15, -0.1) is 0 Å². The van der Waals surface area contributed by atoms with Crippen molar-refractivity contribution >= 4 is 10.0 Å². The van der Waals surface area contributed by atoms with Crippen LogP contribution in [0.15, 0.2) is 0 Å². The molecule has 0 saturated carbocycles. The van der Waals surface area contributed by atoms with Gasteiger partial charge in [-0.1, -0.05) is 4.47 Å². The predicted octanol–water partition coefficient (Wildman–Crippen LogP) is 0.769. The second kappa shape index (κ2) is 5.79. The molecule has 0 aromatic carbocycles. The van der Waals surface area contributed by atoms with E-state index >= 15 is 0 Å². The Morgan fingerprint density at radius 2 is 2.13 bits per heavy atom. The van der Waals surface area contributed by atoms with Gasteiger partial charge in [0.15, 0.2) is 0 Å². The third-order valence-electron chi connectivity index (χ3n) is 2.07. The van der Waals surface area contributed by atoms with Gasteiger partial charge < -0.3 is 4.74 Å². The van der Waals surface area contributed by atoms with E-state index in [2.05, 4.69) is 0 Å². The van der Waals surface area contributed by atoms with Gasteiger partial charge >= 0.3 is 0 Å². The first-order valence-electron chi connectivity index (χ1n) is 5.27. The molecule has 1 aliphatic heterocycles. The fraction of sp³-hybridized carbons (Fsp3) is 1.00. The van der Waals surface area contributed by atoms with Gasteiger partial charge in [0.1, 0.15) is 0 Å². The number of hydrogen-bond donors (Lipinski definition) is 0. The zero-order valence-corrected chi connectivity index (χ0v) is 10.1. The molecule has 90 valence electrons. The van der Waals surface area contributed by atoms with E-state index in [0.29, 0.717) is 13.2 Å². The number of ether oxygens (including phenoxy) is 1. The zero-order chi connectivity index (χ0) is 11.3. The van der Waals surface area contributed by atoms with Crippen molar-refractivity contribution in [2.75, 3.05) is 25.5 Å². The van der Waals surface area contributed by atoms with E-state index in [4.69, 9.17) is 9.57 Å². The summed E-state index contributed by atoms with van der Waals surface area (Å²) in [6, 6.07) is 0. The van der Waals surface area contributed by atoms with E-state index in [1.165, 1.54) is 0 Å². The molecule has 0 aliphatic carbocycles. The SMILES string of the molecule is CC(C)OCCS(=O)(=O)N1CCCCO1. The molecule has 0 aromatic rings. The second-order valence-corrected chi connectivity index (χ2v) is 5.78. The van der Waals surface area contributed by atoms with Gasteiger partial charge in [0, 0.05) is 6.54 Å². The molecule has 0 unspecified atom stereocenters. The zero-order valence-electron chi connectivity index (χ0n) is 9.31. The summed E-state index contributed by atoms with van der Waals surface area (Å²) in [6.07, 6.45) is 1.85. The standard InChI is InChI=1S/C9H19NO4S/c1-9(2)13-7-8-15(11,12)10-5-3-4-6-14-10/h9H,3-8H2,1-2H3. The number of hydroxylamine groups is 1. The van der Waals surface area contributed by atoms with Crippen molar-refractivity contribution < 1.29 is 18.0 Å². The van der Waals surface area contributed by atoms with E-state index in [1.54, 1.807) is 0 Å². The molecular formula is C9H19NO4S. The fourth-order valence-corrected chi connectivity index (χ4v) is 2.44. The van der Waals surface area contributed by atoms with Crippen molar-refractivity contribution in [1.82, 2.24) is 4.47 Å². The van der Waals surface area contributed by atoms with Gasteiger partial charge in [-0.25, -0.2) is 8.42 Å². The van der Waals surface area contributed by atoms with Crippen molar-refractivity contribution in [2.45, 2.75) is 32.8 Å². The highest BCUT2D eigenvalue weighted by molar-refractivity contribution is 7.88. The summed E-state index contributed by atoms with van der Waals surface area (Å²) < 4.78 is 29.7. The smallest absolute Gasteiger partial charge is 0.238 e. The summed E-state index contributed by atoms with van der Waals surface area (Å²) in [6.45, 7) is 4.93. The first-order chi connectivity index (χ1) is 7.02. The van der Waals surface area contributed by atoms with Crippen LogP contribution in [0.4, 0.5) is 0 Å². The van der Waals surface area contributed by atoms with Crippen LogP contribution in [-0.2, 0) is 19.6 Å². The van der Waals surface area contributed by atoms with Crippen LogP contribution in [-0.4, -0.2) is 44.5 Å². The van der Waals surface area contributed by atoms with Crippen LogP contribution in [0.5, 0.6) is 0 Å². The van der Waals surface area contributed by atoms with Crippen LogP contribution in [0.25, 0.3) is 0 Å².